The summed E-state index contributed by atoms with van der Waals surface area (Å²) in [4.78, 5) is 46.1. The molecule has 2 amide bonds. The summed E-state index contributed by atoms with van der Waals surface area (Å²) >= 11 is 1.51. The maximum atomic E-state index is 13.0. The van der Waals surface area contributed by atoms with Gasteiger partial charge in [-0.25, -0.2) is 9.61 Å². The van der Waals surface area contributed by atoms with E-state index in [1.165, 1.54) is 11.3 Å². The Labute approximate surface area is 206 Å². The van der Waals surface area contributed by atoms with Crippen molar-refractivity contribution in [2.45, 2.75) is 38.5 Å². The summed E-state index contributed by atoms with van der Waals surface area (Å²) < 4.78 is 9.82. The summed E-state index contributed by atoms with van der Waals surface area (Å²) in [6.45, 7) is 4.50. The number of aromatic nitrogens is 3. The Morgan fingerprint density at radius 2 is 1.69 bits per heavy atom. The largest absolute Gasteiger partial charge is 0.466 e. The number of fused-ring (bicyclic) bond motifs is 1. The minimum absolute atomic E-state index is 0.0328. The third-order valence-corrected chi connectivity index (χ3v) is 7.78. The van der Waals surface area contributed by atoms with Crippen molar-refractivity contribution in [3.05, 3.63) is 39.8 Å². The number of amides is 2. The lowest BCUT2D eigenvalue weighted by Gasteiger charge is -2.31. The molecule has 2 aliphatic rings. The smallest absolute Gasteiger partial charge is 0.309 e. The Bertz CT molecular complexity index is 1220. The van der Waals surface area contributed by atoms with Crippen LogP contribution < -0.4 is 0 Å². The van der Waals surface area contributed by atoms with Gasteiger partial charge in [0, 0.05) is 43.0 Å². The predicted octanol–water partition coefficient (Wildman–Crippen LogP) is 3.11. The van der Waals surface area contributed by atoms with Gasteiger partial charge in [0.15, 0.2) is 0 Å². The predicted molar refractivity (Wildman–Crippen MR) is 127 cm³/mol. The van der Waals surface area contributed by atoms with Crippen LogP contribution in [0.2, 0.25) is 0 Å². The molecule has 1 aromatic carbocycles. The second-order valence-electron chi connectivity index (χ2n) is 8.92. The molecule has 2 aliphatic heterocycles. The van der Waals surface area contributed by atoms with Crippen molar-refractivity contribution in [2.24, 2.45) is 5.92 Å². The number of piperidine rings is 2. The van der Waals surface area contributed by atoms with Crippen LogP contribution in [0.4, 0.5) is 0 Å². The van der Waals surface area contributed by atoms with Crippen molar-refractivity contribution in [1.29, 1.82) is 0 Å². The maximum absolute atomic E-state index is 13.0. The van der Waals surface area contributed by atoms with E-state index in [9.17, 15) is 14.4 Å². The molecule has 2 aromatic heterocycles. The molecule has 0 spiro atoms. The van der Waals surface area contributed by atoms with Crippen LogP contribution >= 0.6 is 11.3 Å². The van der Waals surface area contributed by atoms with Crippen LogP contribution in [-0.4, -0.2) is 75.7 Å². The average molecular weight is 498 g/mol. The van der Waals surface area contributed by atoms with E-state index in [1.54, 1.807) is 30.0 Å². The van der Waals surface area contributed by atoms with Crippen molar-refractivity contribution in [3.8, 4) is 0 Å². The maximum Gasteiger partial charge on any atom is 0.309 e. The normalized spacial score (nSPS) is 17.6. The van der Waals surface area contributed by atoms with Gasteiger partial charge in [0.2, 0.25) is 0 Å². The quantitative estimate of drug-likeness (QED) is 0.493. The second kappa shape index (κ2) is 10.1. The van der Waals surface area contributed by atoms with Crippen LogP contribution in [0.15, 0.2) is 28.2 Å². The van der Waals surface area contributed by atoms with Crippen molar-refractivity contribution >= 4 is 40.2 Å². The fourth-order valence-corrected chi connectivity index (χ4v) is 5.71. The van der Waals surface area contributed by atoms with E-state index in [2.05, 4.69) is 15.3 Å². The van der Waals surface area contributed by atoms with Crippen molar-refractivity contribution in [3.63, 3.8) is 0 Å². The zero-order valence-corrected chi connectivity index (χ0v) is 20.3. The molecule has 11 heteroatoms. The standard InChI is InChI=1S/C24H27N5O5S/c1-2-33-24(32)16-7-11-29(12-8-16)23(31)20-14-35-21(25-20)15-5-9-28(10-6-15)22(30)17-3-4-18-19(13-17)27-34-26-18/h3-4,13-16H,2,5-12H2,1H3. The Balaban J connectivity index is 1.15. The lowest BCUT2D eigenvalue weighted by Crippen LogP contribution is -2.40. The van der Waals surface area contributed by atoms with Gasteiger partial charge in [0.1, 0.15) is 16.7 Å². The van der Waals surface area contributed by atoms with Crippen molar-refractivity contribution < 1.29 is 23.7 Å². The number of likely N-dealkylation sites (tertiary alicyclic amines) is 2. The Morgan fingerprint density at radius 1 is 1.00 bits per heavy atom. The molecule has 5 rings (SSSR count). The number of rotatable bonds is 5. The highest BCUT2D eigenvalue weighted by molar-refractivity contribution is 7.09. The molecular formula is C24H27N5O5S. The van der Waals surface area contributed by atoms with Crippen LogP contribution in [0.3, 0.4) is 0 Å². The van der Waals surface area contributed by atoms with E-state index in [1.807, 2.05) is 10.3 Å². The number of hydrogen-bond acceptors (Lipinski definition) is 9. The van der Waals surface area contributed by atoms with Gasteiger partial charge in [0.25, 0.3) is 11.8 Å². The topological polar surface area (TPSA) is 119 Å². The summed E-state index contributed by atoms with van der Waals surface area (Å²) in [6, 6.07) is 5.18. The number of benzene rings is 1. The molecule has 35 heavy (non-hydrogen) atoms. The first kappa shape index (κ1) is 23.4. The lowest BCUT2D eigenvalue weighted by atomic mass is 9.96. The molecule has 2 fully saturated rings. The van der Waals surface area contributed by atoms with E-state index >= 15 is 0 Å². The summed E-state index contributed by atoms with van der Waals surface area (Å²) in [5.74, 6) is -0.194. The summed E-state index contributed by atoms with van der Waals surface area (Å²) in [5, 5.41) is 10.4. The fourth-order valence-electron chi connectivity index (χ4n) is 4.74. The minimum Gasteiger partial charge on any atom is -0.466 e. The molecule has 0 saturated carbocycles. The first-order valence-corrected chi connectivity index (χ1v) is 12.8. The highest BCUT2D eigenvalue weighted by atomic mass is 32.1. The minimum atomic E-state index is -0.170. The van der Waals surface area contributed by atoms with Gasteiger partial charge in [-0.15, -0.1) is 11.3 Å². The van der Waals surface area contributed by atoms with Gasteiger partial charge in [-0.2, -0.15) is 0 Å². The molecule has 0 bridgehead atoms. The zero-order chi connectivity index (χ0) is 24.4. The summed E-state index contributed by atoms with van der Waals surface area (Å²) in [6.07, 6.45) is 2.83. The highest BCUT2D eigenvalue weighted by Crippen LogP contribution is 2.31. The molecule has 2 saturated heterocycles. The van der Waals surface area contributed by atoms with E-state index in [4.69, 9.17) is 9.37 Å². The Kier molecular flexibility index (Phi) is 6.76. The monoisotopic (exact) mass is 497 g/mol. The average Bonchev–Trinajstić information content (AvgIpc) is 3.58. The third kappa shape index (κ3) is 4.90. The molecule has 184 valence electrons. The molecule has 0 atom stereocenters. The fraction of sp³-hybridized carbons (Fsp3) is 0.500. The first-order chi connectivity index (χ1) is 17.0. The van der Waals surface area contributed by atoms with Gasteiger partial charge >= 0.3 is 5.97 Å². The van der Waals surface area contributed by atoms with E-state index in [0.717, 1.165) is 17.8 Å². The van der Waals surface area contributed by atoms with Gasteiger partial charge in [-0.05, 0) is 61.1 Å². The zero-order valence-electron chi connectivity index (χ0n) is 19.5. The molecule has 0 aliphatic carbocycles. The molecule has 0 unspecified atom stereocenters. The number of thiazole rings is 1. The molecule has 3 aromatic rings. The molecule has 0 radical (unpaired) electrons. The second-order valence-corrected chi connectivity index (χ2v) is 9.81. The van der Waals surface area contributed by atoms with Gasteiger partial charge < -0.3 is 14.5 Å². The molecule has 4 heterocycles. The molecule has 10 nitrogen and oxygen atoms in total. The summed E-state index contributed by atoms with van der Waals surface area (Å²) in [5.41, 5.74) is 2.22. The molecule has 0 N–H and O–H groups in total. The van der Waals surface area contributed by atoms with Crippen molar-refractivity contribution in [2.75, 3.05) is 32.8 Å². The van der Waals surface area contributed by atoms with Crippen LogP contribution in [0.1, 0.15) is 64.4 Å². The van der Waals surface area contributed by atoms with E-state index < -0.39 is 0 Å². The number of carbonyl (C=O) groups excluding carboxylic acids is 3. The molecular weight excluding hydrogens is 470 g/mol. The van der Waals surface area contributed by atoms with Gasteiger partial charge in [0.05, 0.1) is 17.5 Å². The Hall–Kier alpha value is -3.34. The number of nitrogens with zero attached hydrogens (tertiary/aromatic N) is 5. The highest BCUT2D eigenvalue weighted by Gasteiger charge is 2.31. The van der Waals surface area contributed by atoms with Crippen LogP contribution in [0, 0.1) is 5.92 Å². The Morgan fingerprint density at radius 3 is 2.43 bits per heavy atom. The lowest BCUT2D eigenvalue weighted by molar-refractivity contribution is -0.149. The third-order valence-electron chi connectivity index (χ3n) is 6.78. The SMILES string of the molecule is CCOC(=O)C1CCN(C(=O)c2csc(C3CCN(C(=O)c4ccc5nonc5c4)CC3)n2)CC1. The van der Waals surface area contributed by atoms with Crippen LogP contribution in [-0.2, 0) is 9.53 Å². The summed E-state index contributed by atoms with van der Waals surface area (Å²) in [7, 11) is 0. The van der Waals surface area contributed by atoms with Gasteiger partial charge in [-0.1, -0.05) is 0 Å². The van der Waals surface area contributed by atoms with E-state index in [0.29, 0.717) is 67.9 Å². The van der Waals surface area contributed by atoms with Crippen LogP contribution in [0.5, 0.6) is 0 Å². The van der Waals surface area contributed by atoms with Crippen LogP contribution in [0.25, 0.3) is 11.0 Å². The number of carbonyl (C=O) groups is 3. The number of ether oxygens (including phenoxy) is 1. The van der Waals surface area contributed by atoms with E-state index in [-0.39, 0.29) is 29.6 Å². The van der Waals surface area contributed by atoms with Crippen molar-refractivity contribution in [1.82, 2.24) is 25.1 Å². The number of esters is 1. The first-order valence-electron chi connectivity index (χ1n) is 12.0. The number of hydrogen-bond donors (Lipinski definition) is 0. The van der Waals surface area contributed by atoms with Gasteiger partial charge in [-0.3, -0.25) is 14.4 Å².